The van der Waals surface area contributed by atoms with Crippen LogP contribution in [0.1, 0.15) is 37.8 Å². The Labute approximate surface area is 135 Å². The van der Waals surface area contributed by atoms with E-state index in [1.165, 1.54) is 0 Å². The minimum atomic E-state index is -3.49. The molecule has 0 radical (unpaired) electrons. The van der Waals surface area contributed by atoms with Crippen molar-refractivity contribution in [2.24, 2.45) is 11.7 Å². The lowest BCUT2D eigenvalue weighted by atomic mass is 9.95. The van der Waals surface area contributed by atoms with E-state index in [-0.39, 0.29) is 6.04 Å². The minimum Gasteiger partial charge on any atom is -0.326 e. The summed E-state index contributed by atoms with van der Waals surface area (Å²) in [7, 11) is -3.49. The van der Waals surface area contributed by atoms with Gasteiger partial charge in [-0.25, -0.2) is 8.42 Å². The second kappa shape index (κ2) is 6.36. The molecule has 0 bridgehead atoms. The van der Waals surface area contributed by atoms with Crippen molar-refractivity contribution in [3.8, 4) is 0 Å². The third-order valence-electron chi connectivity index (χ3n) is 4.18. The second-order valence-corrected chi connectivity index (χ2v) is 8.68. The van der Waals surface area contributed by atoms with Gasteiger partial charge in [0.25, 0.3) is 0 Å². The zero-order valence-corrected chi connectivity index (χ0v) is 15.2. The summed E-state index contributed by atoms with van der Waals surface area (Å²) in [5.74, 6) is 0.576. The van der Waals surface area contributed by atoms with Gasteiger partial charge in [0.2, 0.25) is 10.0 Å². The average molecular weight is 375 g/mol. The molecular formula is C15H23BrN2O2S. The van der Waals surface area contributed by atoms with Gasteiger partial charge in [-0.05, 0) is 65.7 Å². The Balaban J connectivity index is 2.47. The molecule has 1 aromatic rings. The molecule has 2 rings (SSSR count). The van der Waals surface area contributed by atoms with E-state index < -0.39 is 10.0 Å². The number of nitrogens with two attached hydrogens (primary N) is 1. The van der Waals surface area contributed by atoms with Crippen LogP contribution in [0.3, 0.4) is 0 Å². The molecule has 1 aliphatic heterocycles. The number of halogens is 1. The monoisotopic (exact) mass is 374 g/mol. The molecule has 0 saturated carbocycles. The first-order valence-electron chi connectivity index (χ1n) is 7.28. The molecule has 4 nitrogen and oxygen atoms in total. The van der Waals surface area contributed by atoms with Crippen LogP contribution in [-0.2, 0) is 16.6 Å². The molecule has 2 atom stereocenters. The summed E-state index contributed by atoms with van der Waals surface area (Å²) in [5.41, 5.74) is 7.42. The van der Waals surface area contributed by atoms with Gasteiger partial charge in [-0.2, -0.15) is 4.31 Å². The standard InChI is InChI=1S/C15H23BrN2O2S/c1-10-4-5-18(12(3)6-10)21(19,20)14-8-13(9-17)7-11(2)15(14)16/h7-8,10,12H,4-6,9,17H2,1-3H3. The fraction of sp³-hybridized carbons (Fsp3) is 0.600. The van der Waals surface area contributed by atoms with Crippen molar-refractivity contribution in [3.63, 3.8) is 0 Å². The largest absolute Gasteiger partial charge is 0.326 e. The van der Waals surface area contributed by atoms with Crippen LogP contribution >= 0.6 is 15.9 Å². The second-order valence-electron chi connectivity index (χ2n) is 6.02. The maximum atomic E-state index is 13.0. The predicted molar refractivity (Wildman–Crippen MR) is 88.5 cm³/mol. The van der Waals surface area contributed by atoms with Crippen molar-refractivity contribution in [1.82, 2.24) is 4.31 Å². The van der Waals surface area contributed by atoms with Crippen LogP contribution in [0, 0.1) is 12.8 Å². The molecule has 0 aliphatic carbocycles. The smallest absolute Gasteiger partial charge is 0.244 e. The Morgan fingerprint density at radius 2 is 2.05 bits per heavy atom. The number of hydrogen-bond acceptors (Lipinski definition) is 3. The summed E-state index contributed by atoms with van der Waals surface area (Å²) in [6, 6.07) is 3.65. The molecular weight excluding hydrogens is 352 g/mol. The molecule has 1 fully saturated rings. The summed E-state index contributed by atoms with van der Waals surface area (Å²) in [6.07, 6.45) is 1.82. The van der Waals surface area contributed by atoms with Gasteiger partial charge in [0, 0.05) is 23.6 Å². The van der Waals surface area contributed by atoms with E-state index in [9.17, 15) is 8.42 Å². The van der Waals surface area contributed by atoms with Gasteiger partial charge in [-0.15, -0.1) is 0 Å². The maximum Gasteiger partial charge on any atom is 0.244 e. The SMILES string of the molecule is Cc1cc(CN)cc(S(=O)(=O)N2CCC(C)CC2C)c1Br. The van der Waals surface area contributed by atoms with Crippen molar-refractivity contribution >= 4 is 26.0 Å². The molecule has 0 spiro atoms. The van der Waals surface area contributed by atoms with Gasteiger partial charge in [-0.1, -0.05) is 13.0 Å². The summed E-state index contributed by atoms with van der Waals surface area (Å²) >= 11 is 3.43. The molecule has 1 aliphatic rings. The highest BCUT2D eigenvalue weighted by molar-refractivity contribution is 9.10. The van der Waals surface area contributed by atoms with Crippen molar-refractivity contribution < 1.29 is 8.42 Å². The van der Waals surface area contributed by atoms with E-state index in [1.807, 2.05) is 19.9 Å². The Morgan fingerprint density at radius 3 is 2.62 bits per heavy atom. The van der Waals surface area contributed by atoms with Crippen LogP contribution in [0.4, 0.5) is 0 Å². The van der Waals surface area contributed by atoms with Crippen molar-refractivity contribution in [3.05, 3.63) is 27.7 Å². The highest BCUT2D eigenvalue weighted by Gasteiger charge is 2.34. The van der Waals surface area contributed by atoms with Crippen LogP contribution in [-0.4, -0.2) is 25.3 Å². The van der Waals surface area contributed by atoms with Crippen molar-refractivity contribution in [2.75, 3.05) is 6.54 Å². The molecule has 2 N–H and O–H groups in total. The van der Waals surface area contributed by atoms with Gasteiger partial charge < -0.3 is 5.73 Å². The zero-order chi connectivity index (χ0) is 15.8. The summed E-state index contributed by atoms with van der Waals surface area (Å²) in [6.45, 7) is 6.98. The molecule has 1 heterocycles. The molecule has 2 unspecified atom stereocenters. The van der Waals surface area contributed by atoms with Gasteiger partial charge in [0.15, 0.2) is 0 Å². The first-order valence-corrected chi connectivity index (χ1v) is 9.51. The lowest BCUT2D eigenvalue weighted by Crippen LogP contribution is -2.44. The summed E-state index contributed by atoms with van der Waals surface area (Å²) in [4.78, 5) is 0.337. The topological polar surface area (TPSA) is 63.4 Å². The zero-order valence-electron chi connectivity index (χ0n) is 12.8. The van der Waals surface area contributed by atoms with Crippen LogP contribution < -0.4 is 5.73 Å². The number of sulfonamides is 1. The summed E-state index contributed by atoms with van der Waals surface area (Å²) in [5, 5.41) is 0. The van der Waals surface area contributed by atoms with E-state index in [4.69, 9.17) is 5.73 Å². The van der Waals surface area contributed by atoms with Gasteiger partial charge in [0.1, 0.15) is 0 Å². The first kappa shape index (κ1) is 16.9. The van der Waals surface area contributed by atoms with Crippen LogP contribution in [0.25, 0.3) is 0 Å². The fourth-order valence-corrected chi connectivity index (χ4v) is 5.67. The Bertz CT molecular complexity index is 631. The average Bonchev–Trinajstić information content (AvgIpc) is 2.40. The molecule has 21 heavy (non-hydrogen) atoms. The van der Waals surface area contributed by atoms with E-state index in [0.29, 0.717) is 28.4 Å². The molecule has 1 aromatic carbocycles. The number of rotatable bonds is 3. The van der Waals surface area contributed by atoms with Crippen molar-refractivity contribution in [1.29, 1.82) is 0 Å². The quantitative estimate of drug-likeness (QED) is 0.883. The number of hydrogen-bond donors (Lipinski definition) is 1. The van der Waals surface area contributed by atoms with E-state index in [2.05, 4.69) is 22.9 Å². The van der Waals surface area contributed by atoms with Crippen LogP contribution in [0.15, 0.2) is 21.5 Å². The fourth-order valence-electron chi connectivity index (χ4n) is 2.98. The first-order chi connectivity index (χ1) is 9.77. The molecule has 1 saturated heterocycles. The lowest BCUT2D eigenvalue weighted by Gasteiger charge is -2.35. The predicted octanol–water partition coefficient (Wildman–Crippen LogP) is 3.03. The maximum absolute atomic E-state index is 13.0. The Kier molecular flexibility index (Phi) is 5.13. The van der Waals surface area contributed by atoms with Crippen LogP contribution in [0.2, 0.25) is 0 Å². The Morgan fingerprint density at radius 1 is 1.38 bits per heavy atom. The number of aryl methyl sites for hydroxylation is 1. The van der Waals surface area contributed by atoms with Gasteiger partial charge in [0.05, 0.1) is 4.90 Å². The molecule has 6 heteroatoms. The third-order valence-corrected chi connectivity index (χ3v) is 7.53. The van der Waals surface area contributed by atoms with Gasteiger partial charge in [-0.3, -0.25) is 0 Å². The van der Waals surface area contributed by atoms with Crippen LogP contribution in [0.5, 0.6) is 0 Å². The lowest BCUT2D eigenvalue weighted by molar-refractivity contribution is 0.220. The highest BCUT2D eigenvalue weighted by Crippen LogP contribution is 2.33. The minimum absolute atomic E-state index is 0.0347. The number of nitrogens with zero attached hydrogens (tertiary/aromatic N) is 1. The number of benzene rings is 1. The van der Waals surface area contributed by atoms with E-state index in [0.717, 1.165) is 24.0 Å². The molecule has 0 aromatic heterocycles. The van der Waals surface area contributed by atoms with E-state index in [1.54, 1.807) is 10.4 Å². The van der Waals surface area contributed by atoms with E-state index >= 15 is 0 Å². The normalized spacial score (nSPS) is 24.2. The third kappa shape index (κ3) is 3.33. The molecule has 118 valence electrons. The highest BCUT2D eigenvalue weighted by atomic mass is 79.9. The van der Waals surface area contributed by atoms with Crippen molar-refractivity contribution in [2.45, 2.75) is 51.1 Å². The summed E-state index contributed by atoms with van der Waals surface area (Å²) < 4.78 is 28.3. The molecule has 0 amide bonds. The number of piperidine rings is 1. The Hall–Kier alpha value is -0.430. The van der Waals surface area contributed by atoms with Gasteiger partial charge >= 0.3 is 0 Å².